The molecule has 3 nitrogen and oxygen atoms in total. The van der Waals surface area contributed by atoms with Crippen LogP contribution >= 0.6 is 11.3 Å². The molecule has 0 aromatic carbocycles. The van der Waals surface area contributed by atoms with E-state index in [9.17, 15) is 0 Å². The Hall–Kier alpha value is -1.26. The van der Waals surface area contributed by atoms with Gasteiger partial charge in [-0.25, -0.2) is 4.98 Å². The van der Waals surface area contributed by atoms with E-state index in [1.54, 1.807) is 11.3 Å². The Morgan fingerprint density at radius 3 is 2.81 bits per heavy atom. The van der Waals surface area contributed by atoms with Gasteiger partial charge in [-0.1, -0.05) is 6.07 Å². The number of hydrogen-bond acceptors (Lipinski definition) is 4. The largest absolute Gasteiger partial charge is 0.312 e. The number of thiazole rings is 1. The Kier molecular flexibility index (Phi) is 3.31. The summed E-state index contributed by atoms with van der Waals surface area (Å²) in [5.41, 5.74) is 3.19. The maximum absolute atomic E-state index is 4.57. The highest BCUT2D eigenvalue weighted by molar-refractivity contribution is 7.13. The molecule has 2 aromatic heterocycles. The molecular formula is C12H15N3S. The molecule has 0 bridgehead atoms. The number of nitrogens with zero attached hydrogens (tertiary/aromatic N) is 2. The van der Waals surface area contributed by atoms with E-state index in [4.69, 9.17) is 0 Å². The summed E-state index contributed by atoms with van der Waals surface area (Å²) in [7, 11) is 1.94. The molecule has 1 atom stereocenters. The van der Waals surface area contributed by atoms with Gasteiger partial charge in [-0.2, -0.15) is 0 Å². The van der Waals surface area contributed by atoms with Gasteiger partial charge in [0.2, 0.25) is 0 Å². The quantitative estimate of drug-likeness (QED) is 0.885. The van der Waals surface area contributed by atoms with Crippen LogP contribution in [-0.4, -0.2) is 17.0 Å². The van der Waals surface area contributed by atoms with Crippen LogP contribution in [0.3, 0.4) is 0 Å². The molecule has 0 fully saturated rings. The molecule has 84 valence electrons. The van der Waals surface area contributed by atoms with E-state index >= 15 is 0 Å². The van der Waals surface area contributed by atoms with E-state index in [0.29, 0.717) is 0 Å². The maximum Gasteiger partial charge on any atom is 0.142 e. The lowest BCUT2D eigenvalue weighted by molar-refractivity contribution is 0.637. The summed E-state index contributed by atoms with van der Waals surface area (Å²) in [6, 6.07) is 4.36. The van der Waals surface area contributed by atoms with Gasteiger partial charge < -0.3 is 5.32 Å². The van der Waals surface area contributed by atoms with E-state index in [-0.39, 0.29) is 6.04 Å². The van der Waals surface area contributed by atoms with Crippen molar-refractivity contribution >= 4 is 11.3 Å². The van der Waals surface area contributed by atoms with Crippen LogP contribution in [0.4, 0.5) is 0 Å². The number of aromatic nitrogens is 2. The second-order valence-corrected chi connectivity index (χ2v) is 4.67. The van der Waals surface area contributed by atoms with Crippen molar-refractivity contribution in [3.05, 3.63) is 35.0 Å². The Labute approximate surface area is 99.6 Å². The maximum atomic E-state index is 4.57. The third kappa shape index (κ3) is 2.28. The molecule has 0 aliphatic heterocycles. The average Bonchev–Trinajstić information content (AvgIpc) is 2.78. The van der Waals surface area contributed by atoms with Crippen molar-refractivity contribution in [1.82, 2.24) is 15.3 Å². The van der Waals surface area contributed by atoms with Crippen molar-refractivity contribution in [3.8, 4) is 10.7 Å². The van der Waals surface area contributed by atoms with Crippen LogP contribution in [0.5, 0.6) is 0 Å². The third-order valence-electron chi connectivity index (χ3n) is 2.53. The van der Waals surface area contributed by atoms with Crippen molar-refractivity contribution < 1.29 is 0 Å². The zero-order valence-electron chi connectivity index (χ0n) is 9.69. The van der Waals surface area contributed by atoms with E-state index in [1.807, 2.05) is 26.2 Å². The summed E-state index contributed by atoms with van der Waals surface area (Å²) in [6.45, 7) is 4.13. The molecule has 1 N–H and O–H groups in total. The summed E-state index contributed by atoms with van der Waals surface area (Å²) in [4.78, 5) is 8.95. The minimum Gasteiger partial charge on any atom is -0.312 e. The number of aryl methyl sites for hydroxylation is 1. The fraction of sp³-hybridized carbons (Fsp3) is 0.333. The van der Waals surface area contributed by atoms with Gasteiger partial charge in [-0.3, -0.25) is 4.98 Å². The van der Waals surface area contributed by atoms with Crippen LogP contribution in [0.15, 0.2) is 23.7 Å². The predicted molar refractivity (Wildman–Crippen MR) is 67.6 cm³/mol. The van der Waals surface area contributed by atoms with Gasteiger partial charge in [0.25, 0.3) is 0 Å². The first-order chi connectivity index (χ1) is 7.70. The molecule has 0 saturated heterocycles. The first kappa shape index (κ1) is 11.2. The van der Waals surface area contributed by atoms with Gasteiger partial charge in [0.15, 0.2) is 0 Å². The third-order valence-corrected chi connectivity index (χ3v) is 3.41. The van der Waals surface area contributed by atoms with Crippen LogP contribution in [0.2, 0.25) is 0 Å². The number of nitrogens with one attached hydrogen (secondary N) is 1. The Morgan fingerprint density at radius 1 is 1.38 bits per heavy atom. The number of hydrogen-bond donors (Lipinski definition) is 1. The lowest BCUT2D eigenvalue weighted by atomic mass is 10.2. The summed E-state index contributed by atoms with van der Waals surface area (Å²) in [5.74, 6) is 0. The molecule has 1 unspecified atom stereocenters. The van der Waals surface area contributed by atoms with Crippen molar-refractivity contribution in [2.45, 2.75) is 19.9 Å². The first-order valence-corrected chi connectivity index (χ1v) is 6.14. The molecule has 0 aliphatic rings. The van der Waals surface area contributed by atoms with Crippen LogP contribution in [-0.2, 0) is 0 Å². The number of rotatable bonds is 3. The van der Waals surface area contributed by atoms with Crippen molar-refractivity contribution in [2.75, 3.05) is 7.05 Å². The topological polar surface area (TPSA) is 37.8 Å². The predicted octanol–water partition coefficient (Wildman–Crippen LogP) is 2.79. The summed E-state index contributed by atoms with van der Waals surface area (Å²) < 4.78 is 0. The second kappa shape index (κ2) is 4.72. The molecule has 0 spiro atoms. The van der Waals surface area contributed by atoms with Gasteiger partial charge in [-0.15, -0.1) is 11.3 Å². The lowest BCUT2D eigenvalue weighted by Crippen LogP contribution is -2.12. The minimum absolute atomic E-state index is 0.287. The van der Waals surface area contributed by atoms with Crippen molar-refractivity contribution in [3.63, 3.8) is 0 Å². The fourth-order valence-electron chi connectivity index (χ4n) is 1.34. The highest BCUT2D eigenvalue weighted by Gasteiger charge is 2.09. The fourth-order valence-corrected chi connectivity index (χ4v) is 2.23. The smallest absolute Gasteiger partial charge is 0.142 e. The molecule has 0 radical (unpaired) electrons. The van der Waals surface area contributed by atoms with Gasteiger partial charge in [0, 0.05) is 17.6 Å². The van der Waals surface area contributed by atoms with Crippen LogP contribution in [0, 0.1) is 6.92 Å². The van der Waals surface area contributed by atoms with Crippen molar-refractivity contribution in [1.29, 1.82) is 0 Å². The van der Waals surface area contributed by atoms with Gasteiger partial charge >= 0.3 is 0 Å². The molecule has 2 aromatic rings. The molecule has 2 heterocycles. The van der Waals surface area contributed by atoms with E-state index in [2.05, 4.69) is 33.7 Å². The van der Waals surface area contributed by atoms with Gasteiger partial charge in [-0.05, 0) is 32.5 Å². The summed E-state index contributed by atoms with van der Waals surface area (Å²) in [5, 5.41) is 6.24. The Morgan fingerprint density at radius 2 is 2.19 bits per heavy atom. The zero-order chi connectivity index (χ0) is 11.5. The van der Waals surface area contributed by atoms with E-state index in [0.717, 1.165) is 16.4 Å². The van der Waals surface area contributed by atoms with Crippen LogP contribution in [0.1, 0.15) is 24.2 Å². The molecule has 16 heavy (non-hydrogen) atoms. The summed E-state index contributed by atoms with van der Waals surface area (Å²) in [6.07, 6.45) is 1.87. The molecule has 0 saturated carbocycles. The molecule has 2 rings (SSSR count). The zero-order valence-corrected chi connectivity index (χ0v) is 10.5. The van der Waals surface area contributed by atoms with Crippen LogP contribution < -0.4 is 5.32 Å². The Balaban J connectivity index is 2.28. The van der Waals surface area contributed by atoms with Gasteiger partial charge in [0.1, 0.15) is 5.01 Å². The first-order valence-electron chi connectivity index (χ1n) is 5.26. The minimum atomic E-state index is 0.287. The Bertz CT molecular complexity index is 461. The molecular weight excluding hydrogens is 218 g/mol. The molecule has 0 aliphatic carbocycles. The standard InChI is InChI=1S/C12H15N3S/c1-8-4-5-10(14-6-8)12-15-11(7-16-12)9(2)13-3/h4-7,9,13H,1-3H3. The highest BCUT2D eigenvalue weighted by Crippen LogP contribution is 2.24. The van der Waals surface area contributed by atoms with Crippen molar-refractivity contribution in [2.24, 2.45) is 0 Å². The SMILES string of the molecule is CNC(C)c1csc(-c2ccc(C)cn2)n1. The second-order valence-electron chi connectivity index (χ2n) is 3.81. The van der Waals surface area contributed by atoms with Gasteiger partial charge in [0.05, 0.1) is 11.4 Å². The van der Waals surface area contributed by atoms with E-state index < -0.39 is 0 Å². The lowest BCUT2D eigenvalue weighted by Gasteiger charge is -2.04. The molecule has 4 heteroatoms. The van der Waals surface area contributed by atoms with Crippen LogP contribution in [0.25, 0.3) is 10.7 Å². The monoisotopic (exact) mass is 233 g/mol. The normalized spacial score (nSPS) is 12.7. The number of pyridine rings is 1. The average molecular weight is 233 g/mol. The summed E-state index contributed by atoms with van der Waals surface area (Å²) >= 11 is 1.64. The highest BCUT2D eigenvalue weighted by atomic mass is 32.1. The molecule has 0 amide bonds. The van der Waals surface area contributed by atoms with E-state index in [1.165, 1.54) is 5.56 Å².